The van der Waals surface area contributed by atoms with E-state index in [1.165, 1.54) is 37.0 Å². The van der Waals surface area contributed by atoms with E-state index in [1.807, 2.05) is 12.1 Å². The molecule has 47 heavy (non-hydrogen) atoms. The van der Waals surface area contributed by atoms with Crippen LogP contribution >= 0.6 is 11.3 Å². The molecule has 218 valence electrons. The maximum atomic E-state index is 6.57. The van der Waals surface area contributed by atoms with Crippen LogP contribution in [0, 0.1) is 0 Å². The molecule has 0 saturated heterocycles. The second-order valence-electron chi connectivity index (χ2n) is 12.1. The molecule has 0 N–H and O–H groups in total. The van der Waals surface area contributed by atoms with Gasteiger partial charge < -0.3 is 4.42 Å². The molecule has 0 atom stereocenters. The zero-order valence-corrected chi connectivity index (χ0v) is 25.8. The Hall–Kier alpha value is -6.04. The van der Waals surface area contributed by atoms with Crippen LogP contribution in [0.3, 0.4) is 0 Å². The first-order valence-electron chi connectivity index (χ1n) is 15.8. The van der Waals surface area contributed by atoms with E-state index in [0.29, 0.717) is 5.95 Å². The second-order valence-corrected chi connectivity index (χ2v) is 13.2. The topological polar surface area (TPSA) is 43.9 Å². The van der Waals surface area contributed by atoms with Gasteiger partial charge in [0.25, 0.3) is 0 Å². The largest absolute Gasteiger partial charge is 0.455 e. The number of hydrogen-bond acceptors (Lipinski definition) is 4. The molecule has 4 heterocycles. The zero-order valence-electron chi connectivity index (χ0n) is 24.9. The number of furan rings is 1. The zero-order chi connectivity index (χ0) is 30.6. The number of nitrogens with zero attached hydrogens (tertiary/aromatic N) is 3. The van der Waals surface area contributed by atoms with Crippen molar-refractivity contribution in [1.82, 2.24) is 14.5 Å². The summed E-state index contributed by atoms with van der Waals surface area (Å²) in [4.78, 5) is 10.9. The van der Waals surface area contributed by atoms with Gasteiger partial charge in [0.1, 0.15) is 11.2 Å². The van der Waals surface area contributed by atoms with Crippen molar-refractivity contribution in [3.05, 3.63) is 140 Å². The summed E-state index contributed by atoms with van der Waals surface area (Å²) in [6, 6.07) is 49.3. The highest BCUT2D eigenvalue weighted by Crippen LogP contribution is 2.44. The van der Waals surface area contributed by atoms with Gasteiger partial charge in [0.05, 0.1) is 26.9 Å². The standard InChI is InChI=1S/C42H23N3OS/c1-3-12-26-24(10-1)20-22-32-36(26)37-27-13-4-2-11-25(27)21-23-33(37)45(32)42-43-38-30-15-6-8-19-35(30)47-41(38)39(44-42)31-17-9-16-29-28-14-5-7-18-34(28)46-40(29)31/h1-23H. The number of thiophene rings is 1. The molecule has 5 heteroatoms. The Morgan fingerprint density at radius 1 is 0.511 bits per heavy atom. The first-order chi connectivity index (χ1) is 23.3. The average molecular weight is 618 g/mol. The number of hydrogen-bond donors (Lipinski definition) is 0. The summed E-state index contributed by atoms with van der Waals surface area (Å²) in [5.41, 5.74) is 6.69. The lowest BCUT2D eigenvalue weighted by Crippen LogP contribution is -2.02. The molecule has 0 unspecified atom stereocenters. The van der Waals surface area contributed by atoms with E-state index in [1.54, 1.807) is 11.3 Å². The Labute approximate surface area is 271 Å². The maximum Gasteiger partial charge on any atom is 0.235 e. The van der Waals surface area contributed by atoms with E-state index in [2.05, 4.69) is 132 Å². The molecule has 0 radical (unpaired) electrons. The van der Waals surface area contributed by atoms with Gasteiger partial charge in [-0.05, 0) is 51.9 Å². The maximum absolute atomic E-state index is 6.57. The summed E-state index contributed by atoms with van der Waals surface area (Å²) in [7, 11) is 0. The molecule has 4 aromatic heterocycles. The molecule has 0 bridgehead atoms. The molecule has 0 saturated carbocycles. The van der Waals surface area contributed by atoms with Crippen molar-refractivity contribution in [2.75, 3.05) is 0 Å². The highest BCUT2D eigenvalue weighted by Gasteiger charge is 2.23. The molecule has 7 aromatic carbocycles. The number of rotatable bonds is 2. The number of fused-ring (bicyclic) bond motifs is 13. The number of benzene rings is 7. The van der Waals surface area contributed by atoms with Crippen molar-refractivity contribution in [2.45, 2.75) is 0 Å². The van der Waals surface area contributed by atoms with Gasteiger partial charge in [0, 0.05) is 37.2 Å². The van der Waals surface area contributed by atoms with Crippen LogP contribution in [-0.2, 0) is 0 Å². The molecule has 0 aliphatic carbocycles. The van der Waals surface area contributed by atoms with E-state index in [9.17, 15) is 0 Å². The summed E-state index contributed by atoms with van der Waals surface area (Å²) >= 11 is 1.74. The quantitative estimate of drug-likeness (QED) is 0.194. The lowest BCUT2D eigenvalue weighted by atomic mass is 10.00. The Morgan fingerprint density at radius 2 is 1.13 bits per heavy atom. The highest BCUT2D eigenvalue weighted by molar-refractivity contribution is 7.26. The predicted molar refractivity (Wildman–Crippen MR) is 197 cm³/mol. The second kappa shape index (κ2) is 9.25. The van der Waals surface area contributed by atoms with E-state index in [4.69, 9.17) is 14.4 Å². The van der Waals surface area contributed by atoms with Gasteiger partial charge in [-0.15, -0.1) is 11.3 Å². The monoisotopic (exact) mass is 617 g/mol. The van der Waals surface area contributed by atoms with Crippen LogP contribution in [0.5, 0.6) is 0 Å². The minimum atomic E-state index is 0.648. The lowest BCUT2D eigenvalue weighted by Gasteiger charge is -2.11. The van der Waals surface area contributed by atoms with Crippen molar-refractivity contribution in [2.24, 2.45) is 0 Å². The van der Waals surface area contributed by atoms with Crippen molar-refractivity contribution < 1.29 is 4.42 Å². The van der Waals surface area contributed by atoms with Gasteiger partial charge in [-0.2, -0.15) is 0 Å². The van der Waals surface area contributed by atoms with E-state index in [0.717, 1.165) is 59.8 Å². The molecule has 0 fully saturated rings. The van der Waals surface area contributed by atoms with Gasteiger partial charge in [-0.25, -0.2) is 9.97 Å². The van der Waals surface area contributed by atoms with Crippen LogP contribution < -0.4 is 0 Å². The van der Waals surface area contributed by atoms with E-state index >= 15 is 0 Å². The van der Waals surface area contributed by atoms with Crippen LogP contribution in [0.25, 0.3) is 103 Å². The SMILES string of the molecule is c1ccc2c(c1)ccc1c2c2c3ccccc3ccc2n1-c1nc(-c2cccc3c2oc2ccccc23)c2sc3ccccc3c2n1. The van der Waals surface area contributed by atoms with Crippen molar-refractivity contribution >= 4 is 96.9 Å². The first-order valence-corrected chi connectivity index (χ1v) is 16.6. The van der Waals surface area contributed by atoms with Crippen LogP contribution in [0.4, 0.5) is 0 Å². The van der Waals surface area contributed by atoms with E-state index in [-0.39, 0.29) is 0 Å². The fourth-order valence-electron chi connectivity index (χ4n) is 7.56. The summed E-state index contributed by atoms with van der Waals surface area (Å²) in [5, 5.41) is 10.6. The number of para-hydroxylation sites is 2. The van der Waals surface area contributed by atoms with Gasteiger partial charge >= 0.3 is 0 Å². The summed E-state index contributed by atoms with van der Waals surface area (Å²) in [6.45, 7) is 0. The smallest absolute Gasteiger partial charge is 0.235 e. The normalized spacial score (nSPS) is 12.3. The molecule has 11 rings (SSSR count). The van der Waals surface area contributed by atoms with Crippen molar-refractivity contribution in [3.8, 4) is 17.2 Å². The minimum Gasteiger partial charge on any atom is -0.455 e. The molecule has 0 amide bonds. The Bertz CT molecular complexity index is 3000. The van der Waals surface area contributed by atoms with Crippen LogP contribution in [0.1, 0.15) is 0 Å². The van der Waals surface area contributed by atoms with E-state index < -0.39 is 0 Å². The van der Waals surface area contributed by atoms with Crippen LogP contribution in [0.2, 0.25) is 0 Å². The molecule has 0 aliphatic rings. The Morgan fingerprint density at radius 3 is 1.87 bits per heavy atom. The van der Waals surface area contributed by atoms with Crippen LogP contribution in [-0.4, -0.2) is 14.5 Å². The van der Waals surface area contributed by atoms with Gasteiger partial charge in [-0.3, -0.25) is 4.57 Å². The lowest BCUT2D eigenvalue weighted by molar-refractivity contribution is 0.670. The third kappa shape index (κ3) is 3.41. The fraction of sp³-hybridized carbons (Fsp3) is 0. The summed E-state index contributed by atoms with van der Waals surface area (Å²) in [5.74, 6) is 0.648. The Kier molecular flexibility index (Phi) is 4.96. The van der Waals surface area contributed by atoms with Gasteiger partial charge in [-0.1, -0.05) is 109 Å². The molecule has 0 aliphatic heterocycles. The third-order valence-electron chi connectivity index (χ3n) is 9.61. The van der Waals surface area contributed by atoms with Gasteiger partial charge in [0.15, 0.2) is 0 Å². The predicted octanol–water partition coefficient (Wildman–Crippen LogP) is 11.8. The third-order valence-corrected chi connectivity index (χ3v) is 10.8. The molecular weight excluding hydrogens is 595 g/mol. The first kappa shape index (κ1) is 25.2. The molecule has 0 spiro atoms. The fourth-order valence-corrected chi connectivity index (χ4v) is 8.70. The van der Waals surface area contributed by atoms with Gasteiger partial charge in [0.2, 0.25) is 5.95 Å². The van der Waals surface area contributed by atoms with Crippen molar-refractivity contribution in [3.63, 3.8) is 0 Å². The Balaban J connectivity index is 1.33. The average Bonchev–Trinajstić information content (AvgIpc) is 3.81. The molecule has 11 aromatic rings. The highest BCUT2D eigenvalue weighted by atomic mass is 32.1. The molecular formula is C42H23N3OS. The summed E-state index contributed by atoms with van der Waals surface area (Å²) < 4.78 is 11.1. The van der Waals surface area contributed by atoms with Crippen molar-refractivity contribution in [1.29, 1.82) is 0 Å². The number of aromatic nitrogens is 3. The summed E-state index contributed by atoms with van der Waals surface area (Å²) in [6.07, 6.45) is 0. The van der Waals surface area contributed by atoms with Crippen LogP contribution in [0.15, 0.2) is 144 Å². The minimum absolute atomic E-state index is 0.648. The molecule has 4 nitrogen and oxygen atoms in total.